The van der Waals surface area contributed by atoms with Gasteiger partial charge in [0.15, 0.2) is 0 Å². The van der Waals surface area contributed by atoms with Crippen LogP contribution in [-0.4, -0.2) is 24.5 Å². The summed E-state index contributed by atoms with van der Waals surface area (Å²) in [6.45, 7) is 5.38. The molecule has 0 bridgehead atoms. The quantitative estimate of drug-likeness (QED) is 0.528. The van der Waals surface area contributed by atoms with Crippen molar-refractivity contribution >= 4 is 17.2 Å². The van der Waals surface area contributed by atoms with Crippen molar-refractivity contribution in [2.75, 3.05) is 13.7 Å². The summed E-state index contributed by atoms with van der Waals surface area (Å²) in [7, 11) is 1.65. The zero-order valence-electron chi connectivity index (χ0n) is 17.0. The van der Waals surface area contributed by atoms with E-state index in [0.717, 1.165) is 34.1 Å². The first kappa shape index (κ1) is 20.9. The summed E-state index contributed by atoms with van der Waals surface area (Å²) in [6, 6.07) is 15.6. The first-order chi connectivity index (χ1) is 14.0. The molecule has 29 heavy (non-hydrogen) atoms. The minimum atomic E-state index is -0.126. The number of aromatic nitrogens is 1. The Hall–Kier alpha value is -2.86. The molecule has 6 heteroatoms. The molecule has 3 rings (SSSR count). The van der Waals surface area contributed by atoms with Crippen molar-refractivity contribution in [1.82, 2.24) is 10.3 Å². The smallest absolute Gasteiger partial charge is 0.270 e. The lowest BCUT2D eigenvalue weighted by molar-refractivity contribution is 0.0948. The van der Waals surface area contributed by atoms with Gasteiger partial charge in [0, 0.05) is 17.5 Å². The van der Waals surface area contributed by atoms with Crippen LogP contribution >= 0.6 is 11.3 Å². The van der Waals surface area contributed by atoms with Gasteiger partial charge in [0.25, 0.3) is 5.91 Å². The lowest BCUT2D eigenvalue weighted by Gasteiger charge is -2.08. The van der Waals surface area contributed by atoms with Crippen LogP contribution < -0.4 is 14.8 Å². The van der Waals surface area contributed by atoms with E-state index in [4.69, 9.17) is 9.47 Å². The van der Waals surface area contributed by atoms with Crippen molar-refractivity contribution in [2.24, 2.45) is 5.92 Å². The number of amides is 1. The first-order valence-corrected chi connectivity index (χ1v) is 10.5. The van der Waals surface area contributed by atoms with E-state index in [0.29, 0.717) is 24.8 Å². The van der Waals surface area contributed by atoms with Crippen molar-refractivity contribution < 1.29 is 14.3 Å². The predicted octanol–water partition coefficient (Wildman–Crippen LogP) is 5.17. The van der Waals surface area contributed by atoms with Crippen molar-refractivity contribution in [3.8, 4) is 22.1 Å². The third-order valence-corrected chi connectivity index (χ3v) is 5.26. The molecule has 0 aliphatic carbocycles. The number of rotatable bonds is 9. The summed E-state index contributed by atoms with van der Waals surface area (Å²) in [5.41, 5.74) is 2.42. The molecule has 1 heterocycles. The molecule has 1 N–H and O–H groups in total. The van der Waals surface area contributed by atoms with E-state index in [-0.39, 0.29) is 5.91 Å². The molecule has 1 aromatic heterocycles. The summed E-state index contributed by atoms with van der Waals surface area (Å²) in [6.07, 6.45) is 0.954. The second-order valence-corrected chi connectivity index (χ2v) is 8.00. The minimum absolute atomic E-state index is 0.126. The molecule has 3 aromatic rings. The fraction of sp³-hybridized carbons (Fsp3) is 0.304. The fourth-order valence-electron chi connectivity index (χ4n) is 2.72. The summed E-state index contributed by atoms with van der Waals surface area (Å²) in [5, 5.41) is 5.52. The lowest BCUT2D eigenvalue weighted by atomic mass is 10.1. The Bertz CT molecular complexity index is 953. The minimum Gasteiger partial charge on any atom is -0.497 e. The van der Waals surface area contributed by atoms with E-state index < -0.39 is 0 Å². The Balaban J connectivity index is 1.63. The second-order valence-electron chi connectivity index (χ2n) is 7.14. The average molecular weight is 411 g/mol. The molecule has 0 spiro atoms. The van der Waals surface area contributed by atoms with Crippen LogP contribution in [0.25, 0.3) is 10.6 Å². The largest absolute Gasteiger partial charge is 0.497 e. The number of thiazole rings is 1. The van der Waals surface area contributed by atoms with Crippen LogP contribution in [0.2, 0.25) is 0 Å². The highest BCUT2D eigenvalue weighted by Crippen LogP contribution is 2.27. The van der Waals surface area contributed by atoms with Crippen LogP contribution in [0.4, 0.5) is 0 Å². The van der Waals surface area contributed by atoms with Crippen molar-refractivity contribution in [2.45, 2.75) is 26.9 Å². The molecule has 0 atom stereocenters. The van der Waals surface area contributed by atoms with E-state index >= 15 is 0 Å². The number of hydrogen-bond acceptors (Lipinski definition) is 5. The molecule has 0 fully saturated rings. The number of ether oxygens (including phenoxy) is 2. The van der Waals surface area contributed by atoms with Gasteiger partial charge >= 0.3 is 0 Å². The Morgan fingerprint density at radius 3 is 2.72 bits per heavy atom. The highest BCUT2D eigenvalue weighted by atomic mass is 32.1. The second kappa shape index (κ2) is 10.1. The summed E-state index contributed by atoms with van der Waals surface area (Å²) < 4.78 is 11.2. The Kier molecular flexibility index (Phi) is 7.25. The van der Waals surface area contributed by atoms with E-state index in [9.17, 15) is 4.79 Å². The summed E-state index contributed by atoms with van der Waals surface area (Å²) in [5.74, 6) is 1.99. The van der Waals surface area contributed by atoms with Gasteiger partial charge in [-0.1, -0.05) is 38.1 Å². The number of methoxy groups -OCH3 is 1. The monoisotopic (exact) mass is 410 g/mol. The number of carbonyl (C=O) groups excluding carboxylic acids is 1. The van der Waals surface area contributed by atoms with Gasteiger partial charge in [-0.05, 0) is 42.2 Å². The number of carbonyl (C=O) groups is 1. The molecule has 0 aliphatic heterocycles. The van der Waals surface area contributed by atoms with E-state index in [1.807, 2.05) is 48.5 Å². The van der Waals surface area contributed by atoms with Gasteiger partial charge in [-0.2, -0.15) is 0 Å². The lowest BCUT2D eigenvalue weighted by Crippen LogP contribution is -2.25. The van der Waals surface area contributed by atoms with Gasteiger partial charge in [-0.15, -0.1) is 11.3 Å². The molecular weight excluding hydrogens is 384 g/mol. The van der Waals surface area contributed by atoms with Gasteiger partial charge in [0.1, 0.15) is 28.8 Å². The maximum absolute atomic E-state index is 12.2. The molecule has 0 saturated heterocycles. The number of nitrogens with zero attached hydrogens (tertiary/aromatic N) is 1. The van der Waals surface area contributed by atoms with Crippen LogP contribution in [0.5, 0.6) is 11.5 Å². The first-order valence-electron chi connectivity index (χ1n) is 9.65. The number of benzene rings is 2. The van der Waals surface area contributed by atoms with Crippen LogP contribution in [0.15, 0.2) is 53.9 Å². The van der Waals surface area contributed by atoms with Crippen LogP contribution in [-0.2, 0) is 6.61 Å². The van der Waals surface area contributed by atoms with Gasteiger partial charge < -0.3 is 14.8 Å². The molecule has 5 nitrogen and oxygen atoms in total. The third kappa shape index (κ3) is 6.06. The molecule has 1 amide bonds. The van der Waals surface area contributed by atoms with Crippen molar-refractivity contribution in [3.05, 3.63) is 65.2 Å². The SMILES string of the molecule is COc1cccc(COc2cccc(-c3nc(C(=O)NCCC(C)C)cs3)c2)c1. The maximum atomic E-state index is 12.2. The molecular formula is C23H26N2O3S. The highest BCUT2D eigenvalue weighted by molar-refractivity contribution is 7.13. The van der Waals surface area contributed by atoms with E-state index in [1.54, 1.807) is 12.5 Å². The molecule has 0 unspecified atom stereocenters. The normalized spacial score (nSPS) is 10.8. The standard InChI is InChI=1S/C23H26N2O3S/c1-16(2)10-11-24-22(26)21-15-29-23(25-21)18-7-5-9-20(13-18)28-14-17-6-4-8-19(12-17)27-3/h4-9,12-13,15-16H,10-11,14H2,1-3H3,(H,24,26). The Labute approximate surface area is 175 Å². The van der Waals surface area contributed by atoms with E-state index in [1.165, 1.54) is 11.3 Å². The molecule has 2 aromatic carbocycles. The maximum Gasteiger partial charge on any atom is 0.270 e. The predicted molar refractivity (Wildman–Crippen MR) is 117 cm³/mol. The zero-order valence-corrected chi connectivity index (χ0v) is 17.8. The van der Waals surface area contributed by atoms with Crippen LogP contribution in [0.1, 0.15) is 36.3 Å². The zero-order chi connectivity index (χ0) is 20.6. The molecule has 0 saturated carbocycles. The summed E-state index contributed by atoms with van der Waals surface area (Å²) in [4.78, 5) is 16.7. The van der Waals surface area contributed by atoms with Gasteiger partial charge in [0.05, 0.1) is 7.11 Å². The van der Waals surface area contributed by atoms with Gasteiger partial charge in [-0.25, -0.2) is 4.98 Å². The molecule has 0 aliphatic rings. The molecule has 152 valence electrons. The Morgan fingerprint density at radius 1 is 1.14 bits per heavy atom. The van der Waals surface area contributed by atoms with Crippen LogP contribution in [0, 0.1) is 5.92 Å². The summed E-state index contributed by atoms with van der Waals surface area (Å²) >= 11 is 1.45. The third-order valence-electron chi connectivity index (χ3n) is 4.36. The van der Waals surface area contributed by atoms with Crippen molar-refractivity contribution in [3.63, 3.8) is 0 Å². The number of hydrogen-bond donors (Lipinski definition) is 1. The highest BCUT2D eigenvalue weighted by Gasteiger charge is 2.12. The number of nitrogens with one attached hydrogen (secondary N) is 1. The van der Waals surface area contributed by atoms with E-state index in [2.05, 4.69) is 24.1 Å². The average Bonchev–Trinajstić information content (AvgIpc) is 3.23. The molecule has 0 radical (unpaired) electrons. The van der Waals surface area contributed by atoms with Crippen molar-refractivity contribution in [1.29, 1.82) is 0 Å². The van der Waals surface area contributed by atoms with Gasteiger partial charge in [-0.3, -0.25) is 4.79 Å². The fourth-order valence-corrected chi connectivity index (χ4v) is 3.52. The van der Waals surface area contributed by atoms with Crippen LogP contribution in [0.3, 0.4) is 0 Å². The Morgan fingerprint density at radius 2 is 1.93 bits per heavy atom. The topological polar surface area (TPSA) is 60.5 Å². The van der Waals surface area contributed by atoms with Gasteiger partial charge in [0.2, 0.25) is 0 Å².